The molecule has 0 fully saturated rings. The van der Waals surface area contributed by atoms with Crippen LogP contribution in [0.25, 0.3) is 0 Å². The molecule has 62 valence electrons. The largest absolute Gasteiger partial charge is 0.324 e. The van der Waals surface area contributed by atoms with Crippen LogP contribution in [-0.2, 0) is 6.54 Å². The van der Waals surface area contributed by atoms with Crippen molar-refractivity contribution in [2.24, 2.45) is 5.73 Å². The zero-order chi connectivity index (χ0) is 7.56. The van der Waals surface area contributed by atoms with Gasteiger partial charge in [-0.1, -0.05) is 0 Å². The predicted molar refractivity (Wildman–Crippen MR) is 46.6 cm³/mol. The lowest BCUT2D eigenvalue weighted by atomic mass is 10.3. The Labute approximate surface area is 72.5 Å². The van der Waals surface area contributed by atoms with Crippen molar-refractivity contribution < 1.29 is 0 Å². The highest BCUT2D eigenvalue weighted by molar-refractivity contribution is 5.85. The minimum absolute atomic E-state index is 0. The average molecular weight is 174 g/mol. The molecule has 0 saturated heterocycles. The van der Waals surface area contributed by atoms with Crippen LogP contribution >= 0.6 is 12.4 Å². The predicted octanol–water partition coefficient (Wildman–Crippen LogP) is 0.974. The number of aromatic nitrogens is 2. The van der Waals surface area contributed by atoms with Gasteiger partial charge in [-0.05, 0) is 19.9 Å². The number of aryl methyl sites for hydroxylation is 2. The molecule has 1 aromatic heterocycles. The molecule has 0 unspecified atom stereocenters. The topological polar surface area (TPSA) is 51.8 Å². The second-order valence-corrected chi connectivity index (χ2v) is 2.27. The first-order valence-electron chi connectivity index (χ1n) is 3.23. The molecular weight excluding hydrogens is 162 g/mol. The Morgan fingerprint density at radius 1 is 1.27 bits per heavy atom. The third-order valence-electron chi connectivity index (χ3n) is 1.21. The molecule has 11 heavy (non-hydrogen) atoms. The van der Waals surface area contributed by atoms with Crippen LogP contribution in [0, 0.1) is 13.8 Å². The first-order chi connectivity index (χ1) is 4.72. The Bertz CT molecular complexity index is 217. The maximum atomic E-state index is 5.36. The highest BCUT2D eigenvalue weighted by Crippen LogP contribution is 1.97. The van der Waals surface area contributed by atoms with Gasteiger partial charge >= 0.3 is 0 Å². The minimum Gasteiger partial charge on any atom is -0.324 e. The first kappa shape index (κ1) is 10.3. The van der Waals surface area contributed by atoms with Crippen LogP contribution in [0.1, 0.15) is 17.2 Å². The molecule has 0 aliphatic rings. The number of hydrogen-bond acceptors (Lipinski definition) is 3. The minimum atomic E-state index is 0. The Balaban J connectivity index is 0.000001000. The lowest BCUT2D eigenvalue weighted by molar-refractivity contribution is 0.873. The van der Waals surface area contributed by atoms with Gasteiger partial charge in [0, 0.05) is 11.4 Å². The van der Waals surface area contributed by atoms with Gasteiger partial charge in [0.25, 0.3) is 0 Å². The summed E-state index contributed by atoms with van der Waals surface area (Å²) in [6, 6.07) is 1.93. The van der Waals surface area contributed by atoms with E-state index >= 15 is 0 Å². The molecule has 0 spiro atoms. The Morgan fingerprint density at radius 2 is 1.73 bits per heavy atom. The van der Waals surface area contributed by atoms with Gasteiger partial charge in [-0.3, -0.25) is 0 Å². The zero-order valence-corrected chi connectivity index (χ0v) is 7.48. The third kappa shape index (κ3) is 2.82. The van der Waals surface area contributed by atoms with Crippen molar-refractivity contribution in [1.29, 1.82) is 0 Å². The molecule has 0 aliphatic carbocycles. The molecule has 0 bridgehead atoms. The quantitative estimate of drug-likeness (QED) is 0.689. The molecule has 3 nitrogen and oxygen atoms in total. The molecule has 0 aliphatic heterocycles. The first-order valence-corrected chi connectivity index (χ1v) is 3.23. The second-order valence-electron chi connectivity index (χ2n) is 2.27. The molecule has 0 aromatic carbocycles. The van der Waals surface area contributed by atoms with E-state index in [0.717, 1.165) is 17.2 Å². The second kappa shape index (κ2) is 4.26. The monoisotopic (exact) mass is 173 g/mol. The summed E-state index contributed by atoms with van der Waals surface area (Å²) in [6.07, 6.45) is 0. The van der Waals surface area contributed by atoms with Gasteiger partial charge in [0.2, 0.25) is 0 Å². The smallest absolute Gasteiger partial charge is 0.142 e. The molecular formula is C7H12ClN3. The molecule has 0 saturated carbocycles. The Morgan fingerprint density at radius 3 is 2.09 bits per heavy atom. The van der Waals surface area contributed by atoms with E-state index in [4.69, 9.17) is 5.73 Å². The summed E-state index contributed by atoms with van der Waals surface area (Å²) in [4.78, 5) is 8.23. The number of nitrogens with zero attached hydrogens (tertiary/aromatic N) is 2. The maximum absolute atomic E-state index is 5.36. The summed E-state index contributed by atoms with van der Waals surface area (Å²) in [7, 11) is 0. The summed E-state index contributed by atoms with van der Waals surface area (Å²) < 4.78 is 0. The van der Waals surface area contributed by atoms with Crippen molar-refractivity contribution in [2.45, 2.75) is 20.4 Å². The van der Waals surface area contributed by atoms with E-state index in [1.807, 2.05) is 19.9 Å². The zero-order valence-electron chi connectivity index (χ0n) is 6.66. The van der Waals surface area contributed by atoms with Gasteiger partial charge < -0.3 is 5.73 Å². The number of rotatable bonds is 1. The van der Waals surface area contributed by atoms with Gasteiger partial charge in [0.15, 0.2) is 0 Å². The number of hydrogen-bond donors (Lipinski definition) is 1. The van der Waals surface area contributed by atoms with E-state index in [0.29, 0.717) is 6.54 Å². The van der Waals surface area contributed by atoms with Crippen LogP contribution in [0.5, 0.6) is 0 Å². The van der Waals surface area contributed by atoms with Crippen molar-refractivity contribution in [3.05, 3.63) is 23.3 Å². The molecule has 1 aromatic rings. The normalized spacial score (nSPS) is 9.00. The van der Waals surface area contributed by atoms with Crippen LogP contribution in [0.2, 0.25) is 0 Å². The highest BCUT2D eigenvalue weighted by Gasteiger charge is 1.94. The summed E-state index contributed by atoms with van der Waals surface area (Å²) in [5, 5.41) is 0. The SMILES string of the molecule is Cc1cc(C)nc(CN)n1.Cl. The fraction of sp³-hybridized carbons (Fsp3) is 0.429. The summed E-state index contributed by atoms with van der Waals surface area (Å²) in [5.41, 5.74) is 7.32. The lowest BCUT2D eigenvalue weighted by Gasteiger charge is -1.98. The van der Waals surface area contributed by atoms with Crippen molar-refractivity contribution in [3.63, 3.8) is 0 Å². The van der Waals surface area contributed by atoms with E-state index in [2.05, 4.69) is 9.97 Å². The molecule has 1 heterocycles. The van der Waals surface area contributed by atoms with Crippen molar-refractivity contribution >= 4 is 12.4 Å². The van der Waals surface area contributed by atoms with Crippen molar-refractivity contribution in [1.82, 2.24) is 9.97 Å². The fourth-order valence-electron chi connectivity index (χ4n) is 0.890. The Kier molecular flexibility index (Phi) is 4.00. The van der Waals surface area contributed by atoms with Gasteiger partial charge in [-0.2, -0.15) is 0 Å². The standard InChI is InChI=1S/C7H11N3.ClH/c1-5-3-6(2)10-7(4-8)9-5;/h3H,4,8H2,1-2H3;1H. The highest BCUT2D eigenvalue weighted by atomic mass is 35.5. The average Bonchev–Trinajstić information content (AvgIpc) is 1.85. The Hall–Kier alpha value is -0.670. The van der Waals surface area contributed by atoms with Crippen LogP contribution < -0.4 is 5.73 Å². The van der Waals surface area contributed by atoms with Gasteiger partial charge in [0.1, 0.15) is 5.82 Å². The van der Waals surface area contributed by atoms with Crippen LogP contribution in [0.3, 0.4) is 0 Å². The molecule has 2 N–H and O–H groups in total. The van der Waals surface area contributed by atoms with Gasteiger partial charge in [-0.15, -0.1) is 12.4 Å². The van der Waals surface area contributed by atoms with E-state index in [1.165, 1.54) is 0 Å². The molecule has 0 atom stereocenters. The van der Waals surface area contributed by atoms with Gasteiger partial charge in [0.05, 0.1) is 6.54 Å². The van der Waals surface area contributed by atoms with E-state index < -0.39 is 0 Å². The van der Waals surface area contributed by atoms with Crippen molar-refractivity contribution in [2.75, 3.05) is 0 Å². The number of nitrogens with two attached hydrogens (primary N) is 1. The lowest BCUT2D eigenvalue weighted by Crippen LogP contribution is -2.04. The van der Waals surface area contributed by atoms with Crippen LogP contribution in [0.4, 0.5) is 0 Å². The molecule has 1 rings (SSSR count). The van der Waals surface area contributed by atoms with E-state index in [9.17, 15) is 0 Å². The fourth-order valence-corrected chi connectivity index (χ4v) is 0.890. The van der Waals surface area contributed by atoms with Crippen molar-refractivity contribution in [3.8, 4) is 0 Å². The molecule has 4 heteroatoms. The summed E-state index contributed by atoms with van der Waals surface area (Å²) >= 11 is 0. The third-order valence-corrected chi connectivity index (χ3v) is 1.21. The van der Waals surface area contributed by atoms with Gasteiger partial charge in [-0.25, -0.2) is 9.97 Å². The van der Waals surface area contributed by atoms with Crippen LogP contribution in [-0.4, -0.2) is 9.97 Å². The molecule has 0 amide bonds. The van der Waals surface area contributed by atoms with Crippen LogP contribution in [0.15, 0.2) is 6.07 Å². The molecule has 0 radical (unpaired) electrons. The summed E-state index contributed by atoms with van der Waals surface area (Å²) in [5.74, 6) is 0.720. The maximum Gasteiger partial charge on any atom is 0.142 e. The van der Waals surface area contributed by atoms with E-state index in [-0.39, 0.29) is 12.4 Å². The summed E-state index contributed by atoms with van der Waals surface area (Å²) in [6.45, 7) is 4.30. The van der Waals surface area contributed by atoms with E-state index in [1.54, 1.807) is 0 Å². The number of halogens is 1.